The molecule has 2 aliphatic heterocycles. The molecule has 0 aromatic carbocycles. The number of rotatable bonds is 12. The van der Waals surface area contributed by atoms with E-state index >= 15 is 0 Å². The summed E-state index contributed by atoms with van der Waals surface area (Å²) in [4.78, 5) is 0. The predicted molar refractivity (Wildman–Crippen MR) is 125 cm³/mol. The van der Waals surface area contributed by atoms with Gasteiger partial charge in [-0.3, -0.25) is 0 Å². The van der Waals surface area contributed by atoms with Gasteiger partial charge < -0.3 is 14.2 Å². The quantitative estimate of drug-likeness (QED) is 0.326. The molecule has 3 nitrogen and oxygen atoms in total. The van der Waals surface area contributed by atoms with E-state index in [1.54, 1.807) is 0 Å². The molecule has 176 valence electrons. The Bertz CT molecular complexity index is 512. The summed E-state index contributed by atoms with van der Waals surface area (Å²) in [6, 6.07) is 0. The Morgan fingerprint density at radius 3 is 2.07 bits per heavy atom. The zero-order valence-corrected chi connectivity index (χ0v) is 20.9. The molecule has 0 N–H and O–H groups in total. The highest BCUT2D eigenvalue weighted by Crippen LogP contribution is 2.50. The van der Waals surface area contributed by atoms with E-state index in [2.05, 4.69) is 41.5 Å². The standard InChI is InChI=1S/C27H50O3/c1-25(2,10-11-26(3,4)23-7-13-28-14-8-23)12-16-30-19-22-17-21(22)18-27(5,6)24-9-15-29-20-24/h21-24H,7-20H2,1-6H3. The van der Waals surface area contributed by atoms with E-state index in [4.69, 9.17) is 14.2 Å². The van der Waals surface area contributed by atoms with E-state index in [0.29, 0.717) is 16.2 Å². The van der Waals surface area contributed by atoms with Gasteiger partial charge in [0, 0.05) is 39.6 Å². The van der Waals surface area contributed by atoms with Crippen molar-refractivity contribution in [3.8, 4) is 0 Å². The van der Waals surface area contributed by atoms with Crippen molar-refractivity contribution < 1.29 is 14.2 Å². The smallest absolute Gasteiger partial charge is 0.0500 e. The van der Waals surface area contributed by atoms with E-state index in [-0.39, 0.29) is 0 Å². The molecule has 3 rings (SSSR count). The first-order chi connectivity index (χ1) is 14.1. The molecule has 3 atom stereocenters. The Labute approximate surface area is 187 Å². The lowest BCUT2D eigenvalue weighted by Crippen LogP contribution is -2.31. The second-order valence-corrected chi connectivity index (χ2v) is 12.9. The first kappa shape index (κ1) is 24.5. The van der Waals surface area contributed by atoms with Crippen LogP contribution in [-0.2, 0) is 14.2 Å². The van der Waals surface area contributed by atoms with Gasteiger partial charge in [-0.2, -0.15) is 0 Å². The molecule has 2 saturated heterocycles. The first-order valence-corrected chi connectivity index (χ1v) is 12.8. The van der Waals surface area contributed by atoms with Crippen LogP contribution in [0.25, 0.3) is 0 Å². The summed E-state index contributed by atoms with van der Waals surface area (Å²) in [5.74, 6) is 3.27. The fraction of sp³-hybridized carbons (Fsp3) is 1.00. The van der Waals surface area contributed by atoms with E-state index in [9.17, 15) is 0 Å². The van der Waals surface area contributed by atoms with Gasteiger partial charge in [-0.05, 0) is 91.3 Å². The predicted octanol–water partition coefficient (Wildman–Crippen LogP) is 6.74. The number of hydrogen-bond acceptors (Lipinski definition) is 3. The fourth-order valence-electron chi connectivity index (χ4n) is 5.81. The van der Waals surface area contributed by atoms with Crippen LogP contribution < -0.4 is 0 Å². The van der Waals surface area contributed by atoms with Gasteiger partial charge in [-0.1, -0.05) is 41.5 Å². The summed E-state index contributed by atoms with van der Waals surface area (Å²) in [5.41, 5.74) is 1.23. The minimum atomic E-state index is 0.371. The maximum atomic E-state index is 6.17. The van der Waals surface area contributed by atoms with Crippen molar-refractivity contribution in [2.75, 3.05) is 39.6 Å². The van der Waals surface area contributed by atoms with E-state index in [1.807, 2.05) is 0 Å². The van der Waals surface area contributed by atoms with E-state index < -0.39 is 0 Å². The van der Waals surface area contributed by atoms with Crippen molar-refractivity contribution in [1.29, 1.82) is 0 Å². The largest absolute Gasteiger partial charge is 0.381 e. The molecule has 0 bridgehead atoms. The molecule has 0 aromatic rings. The van der Waals surface area contributed by atoms with Gasteiger partial charge in [0.15, 0.2) is 0 Å². The molecule has 1 aliphatic carbocycles. The molecule has 0 radical (unpaired) electrons. The lowest BCUT2D eigenvalue weighted by atomic mass is 9.69. The SMILES string of the molecule is CC(C)(CCOCC1CC1CC(C)(C)C1CCOC1)CCC(C)(C)C1CCOCC1. The monoisotopic (exact) mass is 422 g/mol. The van der Waals surface area contributed by atoms with Crippen molar-refractivity contribution in [2.24, 2.45) is 39.9 Å². The average Bonchev–Trinajstić information content (AvgIpc) is 3.17. The Balaban J connectivity index is 1.28. The van der Waals surface area contributed by atoms with Gasteiger partial charge >= 0.3 is 0 Å². The van der Waals surface area contributed by atoms with Crippen LogP contribution in [0, 0.1) is 39.9 Å². The molecule has 30 heavy (non-hydrogen) atoms. The molecule has 0 amide bonds. The highest BCUT2D eigenvalue weighted by atomic mass is 16.5. The Morgan fingerprint density at radius 1 is 0.733 bits per heavy atom. The van der Waals surface area contributed by atoms with Crippen LogP contribution in [0.4, 0.5) is 0 Å². The minimum absolute atomic E-state index is 0.371. The Kier molecular flexibility index (Phi) is 8.35. The molecule has 3 heteroatoms. The molecule has 3 aliphatic rings. The van der Waals surface area contributed by atoms with E-state index in [0.717, 1.165) is 63.3 Å². The second kappa shape index (κ2) is 10.2. The van der Waals surface area contributed by atoms with Crippen molar-refractivity contribution in [1.82, 2.24) is 0 Å². The third kappa shape index (κ3) is 7.20. The third-order valence-corrected chi connectivity index (χ3v) is 8.92. The van der Waals surface area contributed by atoms with Crippen LogP contribution in [0.3, 0.4) is 0 Å². The van der Waals surface area contributed by atoms with Crippen molar-refractivity contribution in [3.05, 3.63) is 0 Å². The third-order valence-electron chi connectivity index (χ3n) is 8.92. The summed E-state index contributed by atoms with van der Waals surface area (Å²) >= 11 is 0. The average molecular weight is 423 g/mol. The lowest BCUT2D eigenvalue weighted by molar-refractivity contribution is 0.0135. The lowest BCUT2D eigenvalue weighted by Gasteiger charge is -2.39. The van der Waals surface area contributed by atoms with E-state index in [1.165, 1.54) is 51.4 Å². The molecule has 1 saturated carbocycles. The van der Waals surface area contributed by atoms with Crippen molar-refractivity contribution in [3.63, 3.8) is 0 Å². The molecular formula is C27H50O3. The summed E-state index contributed by atoms with van der Waals surface area (Å²) in [6.07, 6.45) is 10.2. The van der Waals surface area contributed by atoms with Crippen molar-refractivity contribution in [2.45, 2.75) is 92.9 Å². The van der Waals surface area contributed by atoms with Gasteiger partial charge in [0.05, 0.1) is 0 Å². The molecule has 3 fully saturated rings. The highest BCUT2D eigenvalue weighted by Gasteiger charge is 2.43. The zero-order chi connectivity index (χ0) is 21.8. The minimum Gasteiger partial charge on any atom is -0.381 e. The van der Waals surface area contributed by atoms with Crippen molar-refractivity contribution >= 4 is 0 Å². The molecule has 0 aromatic heterocycles. The molecule has 0 spiro atoms. The zero-order valence-electron chi connectivity index (χ0n) is 20.9. The topological polar surface area (TPSA) is 27.7 Å². The van der Waals surface area contributed by atoms with Crippen LogP contribution in [0.1, 0.15) is 92.9 Å². The Morgan fingerprint density at radius 2 is 1.40 bits per heavy atom. The van der Waals surface area contributed by atoms with Gasteiger partial charge in [0.25, 0.3) is 0 Å². The summed E-state index contributed by atoms with van der Waals surface area (Å²) in [5, 5.41) is 0. The van der Waals surface area contributed by atoms with Crippen LogP contribution in [0.5, 0.6) is 0 Å². The first-order valence-electron chi connectivity index (χ1n) is 12.8. The summed E-state index contributed by atoms with van der Waals surface area (Å²) < 4.78 is 17.4. The fourth-order valence-corrected chi connectivity index (χ4v) is 5.81. The number of hydrogen-bond donors (Lipinski definition) is 0. The molecular weight excluding hydrogens is 372 g/mol. The van der Waals surface area contributed by atoms with Crippen LogP contribution >= 0.6 is 0 Å². The second-order valence-electron chi connectivity index (χ2n) is 12.9. The number of ether oxygens (including phenoxy) is 3. The maximum Gasteiger partial charge on any atom is 0.0500 e. The summed E-state index contributed by atoms with van der Waals surface area (Å²) in [6.45, 7) is 20.5. The molecule has 2 heterocycles. The molecule has 3 unspecified atom stereocenters. The van der Waals surface area contributed by atoms with Gasteiger partial charge in [-0.15, -0.1) is 0 Å². The van der Waals surface area contributed by atoms with Gasteiger partial charge in [0.1, 0.15) is 0 Å². The summed E-state index contributed by atoms with van der Waals surface area (Å²) in [7, 11) is 0. The van der Waals surface area contributed by atoms with Crippen LogP contribution in [0.15, 0.2) is 0 Å². The van der Waals surface area contributed by atoms with Crippen LogP contribution in [-0.4, -0.2) is 39.6 Å². The van der Waals surface area contributed by atoms with Gasteiger partial charge in [-0.25, -0.2) is 0 Å². The normalized spacial score (nSPS) is 28.8. The maximum absolute atomic E-state index is 6.17. The highest BCUT2D eigenvalue weighted by molar-refractivity contribution is 4.93. The Hall–Kier alpha value is -0.120. The van der Waals surface area contributed by atoms with Crippen LogP contribution in [0.2, 0.25) is 0 Å². The van der Waals surface area contributed by atoms with Gasteiger partial charge in [0.2, 0.25) is 0 Å².